The Morgan fingerprint density at radius 1 is 1.13 bits per heavy atom. The second kappa shape index (κ2) is 8.72. The quantitative estimate of drug-likeness (QED) is 0.498. The zero-order valence-electron chi connectivity index (χ0n) is 17.6. The van der Waals surface area contributed by atoms with E-state index in [1.165, 1.54) is 4.31 Å². The number of carbonyl (C=O) groups is 1. The van der Waals surface area contributed by atoms with Crippen LogP contribution in [0.5, 0.6) is 11.5 Å². The van der Waals surface area contributed by atoms with Gasteiger partial charge in [0, 0.05) is 30.7 Å². The van der Waals surface area contributed by atoms with Gasteiger partial charge in [-0.1, -0.05) is 6.07 Å². The summed E-state index contributed by atoms with van der Waals surface area (Å²) in [5.74, 6) is 1.30. The molecule has 1 saturated heterocycles. The van der Waals surface area contributed by atoms with Gasteiger partial charge in [0.2, 0.25) is 10.0 Å². The summed E-state index contributed by atoms with van der Waals surface area (Å²) in [5.41, 5.74) is 0.961. The third-order valence-electron chi connectivity index (χ3n) is 5.38. The number of rotatable bonds is 8. The molecular weight excluding hydrogens is 416 g/mol. The maximum Gasteiger partial charge on any atom is 0.243 e. The van der Waals surface area contributed by atoms with Crippen molar-refractivity contribution in [2.75, 3.05) is 19.7 Å². The van der Waals surface area contributed by atoms with E-state index in [0.717, 1.165) is 23.6 Å². The van der Waals surface area contributed by atoms with E-state index < -0.39 is 10.0 Å². The van der Waals surface area contributed by atoms with Gasteiger partial charge < -0.3 is 14.0 Å². The summed E-state index contributed by atoms with van der Waals surface area (Å²) >= 11 is 0. The van der Waals surface area contributed by atoms with Crippen LogP contribution in [-0.2, 0) is 14.8 Å². The first-order valence-electron chi connectivity index (χ1n) is 10.3. The van der Waals surface area contributed by atoms with Gasteiger partial charge in [0.25, 0.3) is 0 Å². The number of aromatic nitrogens is 1. The van der Waals surface area contributed by atoms with Crippen LogP contribution in [0.1, 0.15) is 26.3 Å². The number of carbonyl (C=O) groups excluding carboxylic acids is 1. The summed E-state index contributed by atoms with van der Waals surface area (Å²) < 4.78 is 41.0. The molecule has 1 aliphatic rings. The van der Waals surface area contributed by atoms with Crippen LogP contribution < -0.4 is 9.47 Å². The molecule has 8 heteroatoms. The molecule has 4 rings (SSSR count). The van der Waals surface area contributed by atoms with E-state index in [0.29, 0.717) is 24.6 Å². The number of sulfonamides is 1. The first-order chi connectivity index (χ1) is 14.9. The second-order valence-corrected chi connectivity index (χ2v) is 9.77. The van der Waals surface area contributed by atoms with Crippen molar-refractivity contribution in [1.82, 2.24) is 8.87 Å². The smallest absolute Gasteiger partial charge is 0.243 e. The SMILES string of the molecule is CC(C)Oc1ccc(S(=O)(=O)N2CC[C@@H](n3ccc4c(OCC=O)cccc43)C2)cc1. The summed E-state index contributed by atoms with van der Waals surface area (Å²) in [6.07, 6.45) is 3.42. The Kier molecular flexibility index (Phi) is 6.02. The maximum absolute atomic E-state index is 13.1. The van der Waals surface area contributed by atoms with Crippen molar-refractivity contribution in [3.8, 4) is 11.5 Å². The fourth-order valence-corrected chi connectivity index (χ4v) is 5.49. The van der Waals surface area contributed by atoms with Gasteiger partial charge in [-0.2, -0.15) is 4.31 Å². The Morgan fingerprint density at radius 3 is 2.61 bits per heavy atom. The summed E-state index contributed by atoms with van der Waals surface area (Å²) in [5, 5.41) is 0.909. The summed E-state index contributed by atoms with van der Waals surface area (Å²) in [6.45, 7) is 4.71. The van der Waals surface area contributed by atoms with Gasteiger partial charge in [-0.15, -0.1) is 0 Å². The molecule has 3 aromatic rings. The molecule has 0 spiro atoms. The highest BCUT2D eigenvalue weighted by atomic mass is 32.2. The van der Waals surface area contributed by atoms with Crippen molar-refractivity contribution in [1.29, 1.82) is 0 Å². The van der Waals surface area contributed by atoms with Gasteiger partial charge in [0.05, 0.1) is 16.5 Å². The van der Waals surface area contributed by atoms with E-state index in [2.05, 4.69) is 4.57 Å². The van der Waals surface area contributed by atoms with Crippen LogP contribution >= 0.6 is 0 Å². The van der Waals surface area contributed by atoms with Crippen LogP contribution in [0.25, 0.3) is 10.9 Å². The van der Waals surface area contributed by atoms with Crippen molar-refractivity contribution in [2.45, 2.75) is 37.3 Å². The van der Waals surface area contributed by atoms with Crippen molar-refractivity contribution in [3.63, 3.8) is 0 Å². The van der Waals surface area contributed by atoms with Crippen molar-refractivity contribution < 1.29 is 22.7 Å². The predicted molar refractivity (Wildman–Crippen MR) is 118 cm³/mol. The fourth-order valence-electron chi connectivity index (χ4n) is 4.00. The molecule has 0 radical (unpaired) electrons. The van der Waals surface area contributed by atoms with Gasteiger partial charge in [0.15, 0.2) is 6.29 Å². The Bertz CT molecular complexity index is 1170. The van der Waals surface area contributed by atoms with E-state index in [4.69, 9.17) is 9.47 Å². The van der Waals surface area contributed by atoms with Crippen molar-refractivity contribution in [2.24, 2.45) is 0 Å². The van der Waals surface area contributed by atoms with E-state index in [1.54, 1.807) is 24.3 Å². The summed E-state index contributed by atoms with van der Waals surface area (Å²) in [4.78, 5) is 10.9. The Hall–Kier alpha value is -2.84. The average Bonchev–Trinajstić information content (AvgIpc) is 3.40. The maximum atomic E-state index is 13.1. The molecule has 1 aliphatic heterocycles. The highest BCUT2D eigenvalue weighted by Crippen LogP contribution is 2.33. The molecule has 2 aromatic carbocycles. The number of hydrogen-bond acceptors (Lipinski definition) is 5. The van der Waals surface area contributed by atoms with Crippen LogP contribution in [0.15, 0.2) is 59.6 Å². The molecule has 31 heavy (non-hydrogen) atoms. The van der Waals surface area contributed by atoms with Gasteiger partial charge in [-0.05, 0) is 62.7 Å². The Balaban J connectivity index is 1.53. The van der Waals surface area contributed by atoms with Crippen LogP contribution in [-0.4, -0.2) is 49.4 Å². The molecule has 0 N–H and O–H groups in total. The van der Waals surface area contributed by atoms with Gasteiger partial charge in [-0.3, -0.25) is 4.79 Å². The van der Waals surface area contributed by atoms with E-state index in [9.17, 15) is 13.2 Å². The normalized spacial score (nSPS) is 17.3. The minimum Gasteiger partial charge on any atom is -0.491 e. The molecule has 2 heterocycles. The Labute approximate surface area is 182 Å². The van der Waals surface area contributed by atoms with Gasteiger partial charge >= 0.3 is 0 Å². The monoisotopic (exact) mass is 442 g/mol. The molecule has 164 valence electrons. The first kappa shape index (κ1) is 21.4. The molecule has 1 atom stereocenters. The summed E-state index contributed by atoms with van der Waals surface area (Å²) in [6, 6.07) is 14.2. The number of benzene rings is 2. The topological polar surface area (TPSA) is 77.8 Å². The lowest BCUT2D eigenvalue weighted by Gasteiger charge is -2.18. The molecule has 0 aliphatic carbocycles. The fraction of sp³-hybridized carbons (Fsp3) is 0.348. The average molecular weight is 443 g/mol. The molecule has 1 aromatic heterocycles. The Morgan fingerprint density at radius 2 is 1.90 bits per heavy atom. The van der Waals surface area contributed by atoms with Gasteiger partial charge in [0.1, 0.15) is 18.1 Å². The number of ether oxygens (including phenoxy) is 2. The van der Waals surface area contributed by atoms with E-state index in [-0.39, 0.29) is 23.6 Å². The van der Waals surface area contributed by atoms with Crippen molar-refractivity contribution in [3.05, 3.63) is 54.7 Å². The molecule has 1 fully saturated rings. The largest absolute Gasteiger partial charge is 0.491 e. The number of aldehydes is 1. The van der Waals surface area contributed by atoms with Crippen LogP contribution in [0.3, 0.4) is 0 Å². The molecular formula is C23H26N2O5S. The predicted octanol–water partition coefficient (Wildman–Crippen LogP) is 3.64. The zero-order valence-corrected chi connectivity index (χ0v) is 18.4. The standard InChI is InChI=1S/C23H26N2O5S/c1-17(2)30-19-6-8-20(9-7-19)31(27,28)24-12-10-18(16-24)25-13-11-21-22(25)4-3-5-23(21)29-15-14-26/h3-9,11,13-14,17-18H,10,12,15-16H2,1-2H3/t18-/m1/s1. The third-order valence-corrected chi connectivity index (χ3v) is 7.26. The second-order valence-electron chi connectivity index (χ2n) is 7.83. The highest BCUT2D eigenvalue weighted by Gasteiger charge is 2.33. The third kappa shape index (κ3) is 4.31. The highest BCUT2D eigenvalue weighted by molar-refractivity contribution is 7.89. The molecule has 7 nitrogen and oxygen atoms in total. The zero-order chi connectivity index (χ0) is 22.0. The molecule has 0 amide bonds. The van der Waals surface area contributed by atoms with Crippen molar-refractivity contribution >= 4 is 27.2 Å². The van der Waals surface area contributed by atoms with E-state index in [1.807, 2.05) is 44.3 Å². The number of fused-ring (bicyclic) bond motifs is 1. The number of nitrogens with zero attached hydrogens (tertiary/aromatic N) is 2. The minimum atomic E-state index is -3.58. The van der Waals surface area contributed by atoms with Crippen LogP contribution in [0, 0.1) is 0 Å². The lowest BCUT2D eigenvalue weighted by atomic mass is 10.2. The molecule has 0 unspecified atom stereocenters. The number of hydrogen-bond donors (Lipinski definition) is 0. The van der Waals surface area contributed by atoms with Crippen LogP contribution in [0.2, 0.25) is 0 Å². The van der Waals surface area contributed by atoms with Gasteiger partial charge in [-0.25, -0.2) is 8.42 Å². The van der Waals surface area contributed by atoms with Crippen LogP contribution in [0.4, 0.5) is 0 Å². The lowest BCUT2D eigenvalue weighted by Crippen LogP contribution is -2.29. The lowest BCUT2D eigenvalue weighted by molar-refractivity contribution is -0.109. The minimum absolute atomic E-state index is 0.000736. The van der Waals surface area contributed by atoms with E-state index >= 15 is 0 Å². The molecule has 0 saturated carbocycles. The first-order valence-corrected chi connectivity index (χ1v) is 11.8. The molecule has 0 bridgehead atoms. The summed E-state index contributed by atoms with van der Waals surface area (Å²) in [7, 11) is -3.58.